The fraction of sp³-hybridized carbons (Fsp3) is 0.733. The van der Waals surface area contributed by atoms with Crippen molar-refractivity contribution in [3.8, 4) is 6.07 Å². The van der Waals surface area contributed by atoms with Gasteiger partial charge in [-0.05, 0) is 79.6 Å². The van der Waals surface area contributed by atoms with E-state index in [1.165, 1.54) is 0 Å². The van der Waals surface area contributed by atoms with E-state index in [2.05, 4.69) is 33.8 Å². The third kappa shape index (κ3) is 3.01. The lowest BCUT2D eigenvalue weighted by Crippen LogP contribution is -2.61. The van der Waals surface area contributed by atoms with Crippen LogP contribution in [0.25, 0.3) is 0 Å². The maximum Gasteiger partial charge on any atom is 0.309 e. The number of nitrogens with zero attached hydrogens (tertiary/aromatic N) is 1. The van der Waals surface area contributed by atoms with Gasteiger partial charge in [0.05, 0.1) is 11.0 Å². The van der Waals surface area contributed by atoms with Gasteiger partial charge in [-0.2, -0.15) is 5.26 Å². The van der Waals surface area contributed by atoms with Crippen molar-refractivity contribution in [1.29, 1.82) is 5.26 Å². The number of aliphatic carboxylic acids is 1. The molecular formula is C30H39NO4. The molecule has 0 radical (unpaired) electrons. The van der Waals surface area contributed by atoms with Gasteiger partial charge in [0.2, 0.25) is 0 Å². The summed E-state index contributed by atoms with van der Waals surface area (Å²) in [5, 5.41) is 20.2. The molecule has 5 aliphatic carbocycles. The molecule has 3 saturated carbocycles. The van der Waals surface area contributed by atoms with Crippen LogP contribution < -0.4 is 0 Å². The summed E-state index contributed by atoms with van der Waals surface area (Å²) in [4.78, 5) is 39.8. The monoisotopic (exact) mass is 477 g/mol. The second kappa shape index (κ2) is 7.17. The van der Waals surface area contributed by atoms with Crippen LogP contribution in [0.2, 0.25) is 0 Å². The molecule has 0 saturated heterocycles. The van der Waals surface area contributed by atoms with Crippen LogP contribution >= 0.6 is 0 Å². The maximum absolute atomic E-state index is 14.0. The first-order valence-electron chi connectivity index (χ1n) is 13.3. The third-order valence-electron chi connectivity index (χ3n) is 11.5. The minimum Gasteiger partial charge on any atom is -0.481 e. The Balaban J connectivity index is 1.66. The van der Waals surface area contributed by atoms with E-state index in [9.17, 15) is 24.8 Å². The number of nitriles is 1. The number of ketones is 2. The zero-order valence-electron chi connectivity index (χ0n) is 22.0. The first-order chi connectivity index (χ1) is 16.1. The fourth-order valence-corrected chi connectivity index (χ4v) is 9.65. The van der Waals surface area contributed by atoms with Gasteiger partial charge in [-0.15, -0.1) is 0 Å². The van der Waals surface area contributed by atoms with Crippen molar-refractivity contribution in [2.75, 3.05) is 0 Å². The topological polar surface area (TPSA) is 95.2 Å². The Morgan fingerprint density at radius 3 is 2.31 bits per heavy atom. The van der Waals surface area contributed by atoms with Crippen molar-refractivity contribution in [2.45, 2.75) is 86.5 Å². The average Bonchev–Trinajstić information content (AvgIpc) is 2.76. The lowest BCUT2D eigenvalue weighted by molar-refractivity contribution is -0.175. The second-order valence-electron chi connectivity index (χ2n) is 14.1. The number of hydrogen-bond acceptors (Lipinski definition) is 4. The number of allylic oxidation sites excluding steroid dienone is 4. The molecule has 5 rings (SSSR count). The van der Waals surface area contributed by atoms with Crippen LogP contribution in [0.3, 0.4) is 0 Å². The number of rotatable bonds is 1. The van der Waals surface area contributed by atoms with E-state index >= 15 is 0 Å². The molecule has 35 heavy (non-hydrogen) atoms. The van der Waals surface area contributed by atoms with Gasteiger partial charge in [0.25, 0.3) is 0 Å². The minimum atomic E-state index is -0.803. The van der Waals surface area contributed by atoms with E-state index in [1.807, 2.05) is 26.0 Å². The molecule has 7 atom stereocenters. The molecule has 0 aromatic carbocycles. The highest BCUT2D eigenvalue weighted by Gasteiger charge is 2.67. The van der Waals surface area contributed by atoms with Gasteiger partial charge >= 0.3 is 5.97 Å². The molecule has 5 aliphatic rings. The second-order valence-corrected chi connectivity index (χ2v) is 14.1. The number of carboxylic acid groups (broad SMARTS) is 1. The Morgan fingerprint density at radius 1 is 1.00 bits per heavy atom. The van der Waals surface area contributed by atoms with Gasteiger partial charge in [0, 0.05) is 16.7 Å². The summed E-state index contributed by atoms with van der Waals surface area (Å²) < 4.78 is 0. The van der Waals surface area contributed by atoms with Crippen LogP contribution in [-0.4, -0.2) is 22.6 Å². The average molecular weight is 478 g/mol. The standard InChI is InChI=1S/C30H39NO4/c1-26(2)11-12-30(25(34)35)10-7-18-23(19(30)15-26)20(32)13-22-28(18,5)9-8-21-27(3,4)24(33)17(16-31)14-29(21,22)6/h13-14,18-19,21,23H,7-12,15H2,1-6H3,(H,34,35). The molecule has 0 aliphatic heterocycles. The molecule has 1 N–H and O–H groups in total. The maximum atomic E-state index is 14.0. The summed E-state index contributed by atoms with van der Waals surface area (Å²) in [5.74, 6) is -1.05. The van der Waals surface area contributed by atoms with Gasteiger partial charge in [-0.3, -0.25) is 14.4 Å². The molecule has 3 fully saturated rings. The molecular weight excluding hydrogens is 438 g/mol. The molecule has 0 aromatic heterocycles. The van der Waals surface area contributed by atoms with Crippen molar-refractivity contribution in [3.05, 3.63) is 23.3 Å². The number of carbonyl (C=O) groups excluding carboxylic acids is 2. The minimum absolute atomic E-state index is 0.0263. The van der Waals surface area contributed by atoms with Crippen molar-refractivity contribution < 1.29 is 19.5 Å². The van der Waals surface area contributed by atoms with E-state index in [0.717, 1.165) is 37.7 Å². The van der Waals surface area contributed by atoms with Crippen molar-refractivity contribution in [3.63, 3.8) is 0 Å². The molecule has 0 amide bonds. The van der Waals surface area contributed by atoms with Gasteiger partial charge in [-0.25, -0.2) is 0 Å². The Bertz CT molecular complexity index is 1140. The molecule has 5 heteroatoms. The zero-order valence-corrected chi connectivity index (χ0v) is 22.0. The van der Waals surface area contributed by atoms with E-state index in [-0.39, 0.29) is 51.6 Å². The van der Waals surface area contributed by atoms with Gasteiger partial charge in [-0.1, -0.05) is 53.2 Å². The van der Waals surface area contributed by atoms with E-state index in [4.69, 9.17) is 0 Å². The zero-order chi connectivity index (χ0) is 25.8. The summed E-state index contributed by atoms with van der Waals surface area (Å²) >= 11 is 0. The third-order valence-corrected chi connectivity index (χ3v) is 11.5. The van der Waals surface area contributed by atoms with Crippen LogP contribution in [-0.2, 0) is 14.4 Å². The molecule has 188 valence electrons. The predicted octanol–water partition coefficient (Wildman–Crippen LogP) is 5.90. The normalized spacial score (nSPS) is 45.5. The first kappa shape index (κ1) is 24.5. The number of carboxylic acids is 1. The van der Waals surface area contributed by atoms with Crippen LogP contribution in [0, 0.1) is 62.1 Å². The number of Topliss-reactive ketones (excluding diaryl/α,β-unsaturated/α-hetero) is 1. The highest BCUT2D eigenvalue weighted by atomic mass is 16.4. The van der Waals surface area contributed by atoms with Crippen LogP contribution in [0.4, 0.5) is 0 Å². The molecule has 0 bridgehead atoms. The highest BCUT2D eigenvalue weighted by molar-refractivity contribution is 6.04. The summed E-state index contributed by atoms with van der Waals surface area (Å²) in [6.07, 6.45) is 9.10. The largest absolute Gasteiger partial charge is 0.481 e. The highest BCUT2D eigenvalue weighted by Crippen LogP contribution is 2.70. The molecule has 0 aromatic rings. The van der Waals surface area contributed by atoms with Gasteiger partial charge in [0.15, 0.2) is 11.6 Å². The van der Waals surface area contributed by atoms with E-state index < -0.39 is 22.2 Å². The summed E-state index contributed by atoms with van der Waals surface area (Å²) in [5.41, 5.74) is -0.960. The van der Waals surface area contributed by atoms with E-state index in [0.29, 0.717) is 12.8 Å². The molecule has 0 spiro atoms. The number of hydrogen-bond donors (Lipinski definition) is 1. The summed E-state index contributed by atoms with van der Waals surface area (Å²) in [7, 11) is 0. The lowest BCUT2D eigenvalue weighted by Gasteiger charge is -2.64. The SMILES string of the molecule is CC1(C)CCC2(C(=O)O)CCC3C(C(=O)C=C4C5(C)C=C(C#N)C(=O)C(C)(C)C5CCC43C)C2C1. The molecule has 7 unspecified atom stereocenters. The van der Waals surface area contributed by atoms with Crippen LogP contribution in [0.5, 0.6) is 0 Å². The quantitative estimate of drug-likeness (QED) is 0.507. The Hall–Kier alpha value is -2.22. The van der Waals surface area contributed by atoms with Gasteiger partial charge in [0.1, 0.15) is 6.07 Å². The molecule has 0 heterocycles. The van der Waals surface area contributed by atoms with E-state index in [1.54, 1.807) is 0 Å². The Labute approximate surface area is 209 Å². The summed E-state index contributed by atoms with van der Waals surface area (Å²) in [6.45, 7) is 12.7. The van der Waals surface area contributed by atoms with Gasteiger partial charge < -0.3 is 5.11 Å². The van der Waals surface area contributed by atoms with Crippen LogP contribution in [0.1, 0.15) is 86.5 Å². The van der Waals surface area contributed by atoms with Crippen molar-refractivity contribution in [1.82, 2.24) is 0 Å². The number of carbonyl (C=O) groups is 3. The van der Waals surface area contributed by atoms with Crippen molar-refractivity contribution >= 4 is 17.5 Å². The first-order valence-corrected chi connectivity index (χ1v) is 13.3. The van der Waals surface area contributed by atoms with Crippen LogP contribution in [0.15, 0.2) is 23.3 Å². The fourth-order valence-electron chi connectivity index (χ4n) is 9.65. The lowest BCUT2D eigenvalue weighted by atomic mass is 9.38. The Morgan fingerprint density at radius 2 is 1.69 bits per heavy atom. The Kier molecular flexibility index (Phi) is 5.02. The number of fused-ring (bicyclic) bond motifs is 7. The predicted molar refractivity (Wildman–Crippen MR) is 132 cm³/mol. The smallest absolute Gasteiger partial charge is 0.309 e. The summed E-state index contributed by atoms with van der Waals surface area (Å²) in [6, 6.07) is 2.14. The van der Waals surface area contributed by atoms with Crippen molar-refractivity contribution in [2.24, 2.45) is 50.7 Å². The molecule has 5 nitrogen and oxygen atoms in total.